The maximum atomic E-state index is 14.1. The first-order valence-corrected chi connectivity index (χ1v) is 14.7. The van der Waals surface area contributed by atoms with Crippen LogP contribution in [0.15, 0.2) is 12.1 Å². The summed E-state index contributed by atoms with van der Waals surface area (Å²) in [5, 5.41) is 31.5. The van der Waals surface area contributed by atoms with Crippen LogP contribution in [-0.2, 0) is 0 Å². The maximum absolute atomic E-state index is 14.1. The van der Waals surface area contributed by atoms with Gasteiger partial charge in [-0.15, -0.1) is 0 Å². The summed E-state index contributed by atoms with van der Waals surface area (Å²) in [6, 6.07) is 1.26. The Kier molecular flexibility index (Phi) is 7.52. The van der Waals surface area contributed by atoms with Crippen molar-refractivity contribution in [2.75, 3.05) is 0 Å². The quantitative estimate of drug-likeness (QED) is 0.380. The predicted molar refractivity (Wildman–Crippen MR) is 137 cm³/mol. The van der Waals surface area contributed by atoms with Gasteiger partial charge >= 0.3 is 0 Å². The van der Waals surface area contributed by atoms with E-state index in [9.17, 15) is 28.5 Å². The molecule has 0 saturated heterocycles. The number of rotatable bonds is 6. The van der Waals surface area contributed by atoms with Crippen LogP contribution in [0.2, 0.25) is 0 Å². The summed E-state index contributed by atoms with van der Waals surface area (Å²) < 4.78 is 41.4. The van der Waals surface area contributed by atoms with Crippen LogP contribution >= 0.6 is 0 Å². The normalized spacial score (nSPS) is 43.0. The molecule has 4 aliphatic rings. The summed E-state index contributed by atoms with van der Waals surface area (Å²) >= 11 is 0. The molecule has 37 heavy (non-hydrogen) atoms. The Hall–Kier alpha value is -1.11. The zero-order valence-electron chi connectivity index (χ0n) is 22.6. The molecule has 6 heteroatoms. The topological polar surface area (TPSA) is 60.7 Å². The number of fused-ring (bicyclic) bond motifs is 5. The summed E-state index contributed by atoms with van der Waals surface area (Å²) in [6.07, 6.45) is 8.11. The molecule has 0 heterocycles. The van der Waals surface area contributed by atoms with E-state index in [0.717, 1.165) is 25.7 Å². The Bertz CT molecular complexity index is 963. The molecule has 5 rings (SSSR count). The summed E-state index contributed by atoms with van der Waals surface area (Å²) in [5.41, 5.74) is -0.0254. The minimum atomic E-state index is -1.27. The van der Waals surface area contributed by atoms with E-state index < -0.39 is 41.3 Å². The van der Waals surface area contributed by atoms with Crippen LogP contribution in [0.25, 0.3) is 0 Å². The largest absolute Gasteiger partial charge is 0.390 e. The van der Waals surface area contributed by atoms with Crippen LogP contribution in [0.4, 0.5) is 13.2 Å². The van der Waals surface area contributed by atoms with Gasteiger partial charge in [0.05, 0.1) is 23.9 Å². The lowest BCUT2D eigenvalue weighted by Gasteiger charge is -2.62. The number of hydrogen-bond donors (Lipinski definition) is 3. The molecule has 4 saturated carbocycles. The van der Waals surface area contributed by atoms with E-state index >= 15 is 0 Å². The molecule has 4 aliphatic carbocycles. The number of halogens is 3. The summed E-state index contributed by atoms with van der Waals surface area (Å²) in [7, 11) is 0. The molecular formula is C31H45F3O3. The second kappa shape index (κ2) is 10.1. The van der Waals surface area contributed by atoms with E-state index in [1.165, 1.54) is 25.7 Å². The van der Waals surface area contributed by atoms with Crippen molar-refractivity contribution in [2.24, 2.45) is 46.3 Å². The van der Waals surface area contributed by atoms with Crippen molar-refractivity contribution in [3.63, 3.8) is 0 Å². The Morgan fingerprint density at radius 3 is 2.16 bits per heavy atom. The molecule has 1 unspecified atom stereocenters. The van der Waals surface area contributed by atoms with Gasteiger partial charge in [0.25, 0.3) is 0 Å². The van der Waals surface area contributed by atoms with Gasteiger partial charge in [0.2, 0.25) is 0 Å². The average molecular weight is 523 g/mol. The SMILES string of the molecule is C[C@H](CCCC(O)c1c(F)cc(F)cc1F)[C@H]1CC[C@H]2[C@@H]3CC[C@H]4[C@@H](O)[C@@H](O)CC[C@]4(C)[C@H]3CC[C@]12C. The lowest BCUT2D eigenvalue weighted by molar-refractivity contribution is -0.174. The van der Waals surface area contributed by atoms with Gasteiger partial charge in [-0.05, 0) is 104 Å². The van der Waals surface area contributed by atoms with E-state index in [0.29, 0.717) is 54.6 Å². The minimum absolute atomic E-state index is 0.119. The molecule has 3 N–H and O–H groups in total. The molecule has 0 amide bonds. The fourth-order valence-corrected chi connectivity index (χ4v) is 10.1. The maximum Gasteiger partial charge on any atom is 0.134 e. The second-order valence-electron chi connectivity index (χ2n) is 13.6. The van der Waals surface area contributed by atoms with E-state index in [1.807, 2.05) is 0 Å². The highest BCUT2D eigenvalue weighted by Crippen LogP contribution is 2.68. The van der Waals surface area contributed by atoms with Crippen molar-refractivity contribution in [1.82, 2.24) is 0 Å². The van der Waals surface area contributed by atoms with Gasteiger partial charge in [0, 0.05) is 12.1 Å². The van der Waals surface area contributed by atoms with Crippen molar-refractivity contribution >= 4 is 0 Å². The fourth-order valence-electron chi connectivity index (χ4n) is 10.1. The first kappa shape index (κ1) is 27.5. The number of hydrogen-bond acceptors (Lipinski definition) is 3. The van der Waals surface area contributed by atoms with Crippen molar-refractivity contribution in [2.45, 2.75) is 110 Å². The van der Waals surface area contributed by atoms with Gasteiger partial charge in [-0.25, -0.2) is 13.2 Å². The van der Waals surface area contributed by atoms with Gasteiger partial charge < -0.3 is 15.3 Å². The van der Waals surface area contributed by atoms with Gasteiger partial charge in [-0.2, -0.15) is 0 Å². The third-order valence-corrected chi connectivity index (χ3v) is 12.0. The van der Waals surface area contributed by atoms with Gasteiger partial charge in [0.1, 0.15) is 17.5 Å². The molecule has 1 aromatic rings. The third kappa shape index (κ3) is 4.57. The molecule has 11 atom stereocenters. The third-order valence-electron chi connectivity index (χ3n) is 12.0. The highest BCUT2D eigenvalue weighted by molar-refractivity contribution is 5.23. The minimum Gasteiger partial charge on any atom is -0.390 e. The monoisotopic (exact) mass is 522 g/mol. The van der Waals surface area contributed by atoms with Crippen LogP contribution in [0, 0.1) is 63.8 Å². The number of aliphatic hydroxyl groups excluding tert-OH is 3. The van der Waals surface area contributed by atoms with Crippen LogP contribution in [0.1, 0.15) is 103 Å². The fraction of sp³-hybridized carbons (Fsp3) is 0.806. The van der Waals surface area contributed by atoms with Crippen molar-refractivity contribution in [3.05, 3.63) is 35.1 Å². The molecule has 0 radical (unpaired) electrons. The molecule has 3 nitrogen and oxygen atoms in total. The van der Waals surface area contributed by atoms with Gasteiger partial charge in [0.15, 0.2) is 0 Å². The molecule has 0 spiro atoms. The Balaban J connectivity index is 1.22. The van der Waals surface area contributed by atoms with E-state index in [1.54, 1.807) is 0 Å². The number of benzene rings is 1. The molecule has 1 aromatic carbocycles. The van der Waals surface area contributed by atoms with Crippen LogP contribution in [-0.4, -0.2) is 27.5 Å². The van der Waals surface area contributed by atoms with Gasteiger partial charge in [-0.1, -0.05) is 33.6 Å². The highest BCUT2D eigenvalue weighted by atomic mass is 19.1. The average Bonchev–Trinajstić information content (AvgIpc) is 3.18. The predicted octanol–water partition coefficient (Wildman–Crippen LogP) is 6.93. The van der Waals surface area contributed by atoms with E-state index in [2.05, 4.69) is 20.8 Å². The first-order chi connectivity index (χ1) is 17.5. The summed E-state index contributed by atoms with van der Waals surface area (Å²) in [4.78, 5) is 0. The van der Waals surface area contributed by atoms with Crippen molar-refractivity contribution in [1.29, 1.82) is 0 Å². The smallest absolute Gasteiger partial charge is 0.134 e. The summed E-state index contributed by atoms with van der Waals surface area (Å²) in [6.45, 7) is 7.18. The zero-order valence-corrected chi connectivity index (χ0v) is 22.6. The van der Waals surface area contributed by atoms with Crippen molar-refractivity contribution < 1.29 is 28.5 Å². The standard InChI is InChI=1S/C31H45F3O3/c1-17(5-4-6-26(35)28-24(33)15-18(32)16-25(28)34)20-9-10-21-19-7-8-23-29(37)27(36)12-14-31(23,3)22(19)11-13-30(20,21)2/h15-17,19-23,26-27,29,35-37H,4-14H2,1-3H3/t17-,19+,20-,21+,22+,23+,26?,27+,29-,30-,31-/m1/s1. The van der Waals surface area contributed by atoms with E-state index in [-0.39, 0.29) is 23.2 Å². The van der Waals surface area contributed by atoms with Crippen LogP contribution in [0.3, 0.4) is 0 Å². The first-order valence-electron chi connectivity index (χ1n) is 14.7. The van der Waals surface area contributed by atoms with Crippen molar-refractivity contribution in [3.8, 4) is 0 Å². The molecule has 208 valence electrons. The Labute approximate surface area is 219 Å². The molecule has 0 aromatic heterocycles. The molecular weight excluding hydrogens is 477 g/mol. The lowest BCUT2D eigenvalue weighted by atomic mass is 9.44. The molecule has 0 aliphatic heterocycles. The molecule has 4 fully saturated rings. The Morgan fingerprint density at radius 2 is 1.46 bits per heavy atom. The van der Waals surface area contributed by atoms with E-state index in [4.69, 9.17) is 0 Å². The van der Waals surface area contributed by atoms with Crippen LogP contribution in [0.5, 0.6) is 0 Å². The lowest BCUT2D eigenvalue weighted by Crippen LogP contribution is -2.58. The number of aliphatic hydroxyl groups is 3. The Morgan fingerprint density at radius 1 is 0.838 bits per heavy atom. The second-order valence-corrected chi connectivity index (χ2v) is 13.6. The van der Waals surface area contributed by atoms with Gasteiger partial charge in [-0.3, -0.25) is 0 Å². The molecule has 0 bridgehead atoms. The van der Waals surface area contributed by atoms with Crippen LogP contribution < -0.4 is 0 Å². The summed E-state index contributed by atoms with van der Waals surface area (Å²) in [5.74, 6) is 0.238. The zero-order chi connectivity index (χ0) is 26.7. The highest BCUT2D eigenvalue weighted by Gasteiger charge is 2.61.